The Labute approximate surface area is 126 Å². The van der Waals surface area contributed by atoms with Crippen molar-refractivity contribution in [1.82, 2.24) is 14.9 Å². The number of nitrogens with one attached hydrogen (secondary N) is 2. The molecule has 118 valence electrons. The molecule has 0 aliphatic heterocycles. The zero-order valence-electron chi connectivity index (χ0n) is 12.7. The molecule has 0 aromatic heterocycles. The Morgan fingerprint density at radius 1 is 1.10 bits per heavy atom. The number of hydrogen-bond donors (Lipinski definition) is 2. The summed E-state index contributed by atoms with van der Waals surface area (Å²) in [5.74, 6) is -0.157. The molecule has 1 aromatic carbocycles. The van der Waals surface area contributed by atoms with Gasteiger partial charge in [-0.05, 0) is 37.2 Å². The maximum absolute atomic E-state index is 12.0. The van der Waals surface area contributed by atoms with Crippen molar-refractivity contribution in [3.05, 3.63) is 29.8 Å². The van der Waals surface area contributed by atoms with Crippen LogP contribution in [-0.4, -0.2) is 53.0 Å². The Morgan fingerprint density at radius 2 is 1.71 bits per heavy atom. The van der Waals surface area contributed by atoms with Gasteiger partial charge in [0.25, 0.3) is 5.91 Å². The lowest BCUT2D eigenvalue weighted by molar-refractivity contribution is 0.0827. The number of carbonyl (C=O) groups is 1. The molecule has 1 amide bonds. The molecule has 0 saturated heterocycles. The normalized spacial score (nSPS) is 11.4. The topological polar surface area (TPSA) is 78.5 Å². The summed E-state index contributed by atoms with van der Waals surface area (Å²) in [4.78, 5) is 13.3. The molecule has 21 heavy (non-hydrogen) atoms. The predicted octanol–water partition coefficient (Wildman–Crippen LogP) is 0.666. The van der Waals surface area contributed by atoms with Gasteiger partial charge in [-0.1, -0.05) is 6.92 Å². The monoisotopic (exact) mass is 313 g/mol. The first-order chi connectivity index (χ1) is 9.88. The summed E-state index contributed by atoms with van der Waals surface area (Å²) < 4.78 is 26.6. The molecular weight excluding hydrogens is 290 g/mol. The summed E-state index contributed by atoms with van der Waals surface area (Å²) in [7, 11) is -0.224. The Kier molecular flexibility index (Phi) is 6.80. The molecule has 2 N–H and O–H groups in total. The lowest BCUT2D eigenvalue weighted by Gasteiger charge is -2.11. The van der Waals surface area contributed by atoms with Crippen LogP contribution < -0.4 is 10.0 Å². The van der Waals surface area contributed by atoms with Gasteiger partial charge < -0.3 is 10.2 Å². The highest BCUT2D eigenvalue weighted by Gasteiger charge is 2.14. The van der Waals surface area contributed by atoms with E-state index in [2.05, 4.69) is 10.0 Å². The standard InChI is InChI=1S/C14H23N3O3S/c1-4-9-15-10-11-16-21(19,20)13-7-5-12(6-8-13)14(18)17(2)3/h5-8,15-16H,4,9-11H2,1-3H3. The molecule has 1 rings (SSSR count). The summed E-state index contributed by atoms with van der Waals surface area (Å²) >= 11 is 0. The van der Waals surface area contributed by atoms with E-state index in [0.29, 0.717) is 18.7 Å². The Morgan fingerprint density at radius 3 is 2.24 bits per heavy atom. The average Bonchev–Trinajstić information content (AvgIpc) is 2.46. The SMILES string of the molecule is CCCNCCNS(=O)(=O)c1ccc(C(=O)N(C)C)cc1. The van der Waals surface area contributed by atoms with Gasteiger partial charge in [0.15, 0.2) is 0 Å². The Hall–Kier alpha value is -1.44. The highest BCUT2D eigenvalue weighted by Crippen LogP contribution is 2.11. The number of nitrogens with zero attached hydrogens (tertiary/aromatic N) is 1. The zero-order valence-corrected chi connectivity index (χ0v) is 13.5. The molecule has 0 radical (unpaired) electrons. The summed E-state index contributed by atoms with van der Waals surface area (Å²) in [5.41, 5.74) is 0.462. The van der Waals surface area contributed by atoms with Crippen LogP contribution in [0.15, 0.2) is 29.2 Å². The maximum atomic E-state index is 12.0. The first kappa shape index (κ1) is 17.6. The van der Waals surface area contributed by atoms with Crippen LogP contribution in [0.3, 0.4) is 0 Å². The molecule has 0 saturated carbocycles. The second-order valence-corrected chi connectivity index (χ2v) is 6.64. The third-order valence-corrected chi connectivity index (χ3v) is 4.32. The summed E-state index contributed by atoms with van der Waals surface area (Å²) in [6, 6.07) is 5.93. The smallest absolute Gasteiger partial charge is 0.253 e. The number of sulfonamides is 1. The van der Waals surface area contributed by atoms with Crippen molar-refractivity contribution in [3.63, 3.8) is 0 Å². The molecule has 0 aliphatic carbocycles. The van der Waals surface area contributed by atoms with E-state index in [1.807, 2.05) is 6.92 Å². The van der Waals surface area contributed by atoms with E-state index in [1.165, 1.54) is 29.2 Å². The van der Waals surface area contributed by atoms with Gasteiger partial charge >= 0.3 is 0 Å². The van der Waals surface area contributed by atoms with Gasteiger partial charge in [0, 0.05) is 32.7 Å². The van der Waals surface area contributed by atoms with Gasteiger partial charge in [-0.25, -0.2) is 13.1 Å². The second-order valence-electron chi connectivity index (χ2n) is 4.87. The number of rotatable bonds is 8. The van der Waals surface area contributed by atoms with Crippen molar-refractivity contribution >= 4 is 15.9 Å². The van der Waals surface area contributed by atoms with E-state index in [-0.39, 0.29) is 10.8 Å². The molecule has 0 bridgehead atoms. The van der Waals surface area contributed by atoms with Crippen LogP contribution in [-0.2, 0) is 10.0 Å². The fraction of sp³-hybridized carbons (Fsp3) is 0.500. The zero-order chi connectivity index (χ0) is 15.9. The van der Waals surface area contributed by atoms with Crippen LogP contribution >= 0.6 is 0 Å². The second kappa shape index (κ2) is 8.11. The first-order valence-electron chi connectivity index (χ1n) is 6.90. The molecule has 0 heterocycles. The molecule has 7 heteroatoms. The van der Waals surface area contributed by atoms with E-state index >= 15 is 0 Å². The Bertz CT molecular complexity index is 553. The van der Waals surface area contributed by atoms with E-state index < -0.39 is 10.0 Å². The predicted molar refractivity (Wildman–Crippen MR) is 82.8 cm³/mol. The summed E-state index contributed by atoms with van der Waals surface area (Å²) in [6.45, 7) is 3.84. The molecule has 0 unspecified atom stereocenters. The van der Waals surface area contributed by atoms with Gasteiger partial charge in [-0.2, -0.15) is 0 Å². The molecule has 0 atom stereocenters. The van der Waals surface area contributed by atoms with Crippen molar-refractivity contribution in [2.24, 2.45) is 0 Å². The van der Waals surface area contributed by atoms with Crippen molar-refractivity contribution < 1.29 is 13.2 Å². The van der Waals surface area contributed by atoms with E-state index in [9.17, 15) is 13.2 Å². The number of amides is 1. The van der Waals surface area contributed by atoms with E-state index in [1.54, 1.807) is 14.1 Å². The summed E-state index contributed by atoms with van der Waals surface area (Å²) in [6.07, 6.45) is 1.01. The molecule has 6 nitrogen and oxygen atoms in total. The first-order valence-corrected chi connectivity index (χ1v) is 8.39. The molecule has 0 fully saturated rings. The third-order valence-electron chi connectivity index (χ3n) is 2.84. The van der Waals surface area contributed by atoms with Crippen LogP contribution in [0, 0.1) is 0 Å². The maximum Gasteiger partial charge on any atom is 0.253 e. The fourth-order valence-corrected chi connectivity index (χ4v) is 2.73. The highest BCUT2D eigenvalue weighted by molar-refractivity contribution is 7.89. The number of benzene rings is 1. The van der Waals surface area contributed by atoms with Gasteiger partial charge in [-0.15, -0.1) is 0 Å². The van der Waals surface area contributed by atoms with Crippen molar-refractivity contribution in [1.29, 1.82) is 0 Å². The number of hydrogen-bond acceptors (Lipinski definition) is 4. The molecule has 1 aromatic rings. The van der Waals surface area contributed by atoms with Crippen LogP contribution in [0.5, 0.6) is 0 Å². The van der Waals surface area contributed by atoms with Crippen LogP contribution in [0.4, 0.5) is 0 Å². The fourth-order valence-electron chi connectivity index (χ4n) is 1.69. The van der Waals surface area contributed by atoms with E-state index in [4.69, 9.17) is 0 Å². The quantitative estimate of drug-likeness (QED) is 0.691. The van der Waals surface area contributed by atoms with Crippen molar-refractivity contribution in [2.45, 2.75) is 18.2 Å². The van der Waals surface area contributed by atoms with Crippen molar-refractivity contribution in [2.75, 3.05) is 33.7 Å². The van der Waals surface area contributed by atoms with Gasteiger partial charge in [0.2, 0.25) is 10.0 Å². The number of carbonyl (C=O) groups excluding carboxylic acids is 1. The van der Waals surface area contributed by atoms with E-state index in [0.717, 1.165) is 13.0 Å². The summed E-state index contributed by atoms with van der Waals surface area (Å²) in [5, 5.41) is 3.12. The van der Waals surface area contributed by atoms with Crippen LogP contribution in [0.2, 0.25) is 0 Å². The van der Waals surface area contributed by atoms with Crippen molar-refractivity contribution in [3.8, 4) is 0 Å². The minimum Gasteiger partial charge on any atom is -0.345 e. The van der Waals surface area contributed by atoms with Gasteiger partial charge in [0.05, 0.1) is 4.90 Å². The molecule has 0 spiro atoms. The van der Waals surface area contributed by atoms with Gasteiger partial charge in [0.1, 0.15) is 0 Å². The van der Waals surface area contributed by atoms with Crippen LogP contribution in [0.25, 0.3) is 0 Å². The van der Waals surface area contributed by atoms with Crippen LogP contribution in [0.1, 0.15) is 23.7 Å². The lowest BCUT2D eigenvalue weighted by atomic mass is 10.2. The largest absolute Gasteiger partial charge is 0.345 e. The third kappa shape index (κ3) is 5.45. The highest BCUT2D eigenvalue weighted by atomic mass is 32.2. The molecular formula is C14H23N3O3S. The Balaban J connectivity index is 2.65. The minimum absolute atomic E-state index is 0.157. The molecule has 0 aliphatic rings. The minimum atomic E-state index is -3.53. The van der Waals surface area contributed by atoms with Gasteiger partial charge in [-0.3, -0.25) is 4.79 Å². The average molecular weight is 313 g/mol. The lowest BCUT2D eigenvalue weighted by Crippen LogP contribution is -2.32.